The van der Waals surface area contributed by atoms with Gasteiger partial charge in [-0.25, -0.2) is 4.79 Å². The predicted octanol–water partition coefficient (Wildman–Crippen LogP) is 1.29. The predicted molar refractivity (Wildman–Crippen MR) is 62.7 cm³/mol. The lowest BCUT2D eigenvalue weighted by atomic mass is 10.0. The monoisotopic (exact) mass is 240 g/mol. The molecule has 0 bridgehead atoms. The highest BCUT2D eigenvalue weighted by molar-refractivity contribution is 5.75. The van der Waals surface area contributed by atoms with Gasteiger partial charge in [-0.05, 0) is 24.7 Å². The summed E-state index contributed by atoms with van der Waals surface area (Å²) in [6.07, 6.45) is 5.08. The van der Waals surface area contributed by atoms with Gasteiger partial charge in [-0.1, -0.05) is 12.8 Å². The van der Waals surface area contributed by atoms with E-state index in [0.717, 1.165) is 25.4 Å². The number of rotatable bonds is 5. The van der Waals surface area contributed by atoms with Gasteiger partial charge < -0.3 is 15.3 Å². The molecule has 0 aromatic heterocycles. The minimum absolute atomic E-state index is 0.00885. The van der Waals surface area contributed by atoms with Crippen LogP contribution >= 0.6 is 0 Å². The van der Waals surface area contributed by atoms with E-state index in [9.17, 15) is 9.59 Å². The molecule has 1 aliphatic heterocycles. The van der Waals surface area contributed by atoms with E-state index in [1.165, 1.54) is 19.3 Å². The van der Waals surface area contributed by atoms with Gasteiger partial charge in [0.05, 0.1) is 6.42 Å². The van der Waals surface area contributed by atoms with Gasteiger partial charge in [0, 0.05) is 19.6 Å². The Morgan fingerprint density at radius 3 is 2.65 bits per heavy atom. The van der Waals surface area contributed by atoms with Crippen molar-refractivity contribution in [3.05, 3.63) is 0 Å². The number of urea groups is 1. The summed E-state index contributed by atoms with van der Waals surface area (Å²) in [4.78, 5) is 23.8. The highest BCUT2D eigenvalue weighted by Crippen LogP contribution is 2.37. The zero-order valence-electron chi connectivity index (χ0n) is 10.0. The van der Waals surface area contributed by atoms with Crippen molar-refractivity contribution in [2.75, 3.05) is 19.6 Å². The van der Waals surface area contributed by atoms with E-state index < -0.39 is 5.97 Å². The number of aliphatic carboxylic acids is 1. The number of amides is 2. The molecule has 0 aromatic carbocycles. The molecule has 17 heavy (non-hydrogen) atoms. The summed E-state index contributed by atoms with van der Waals surface area (Å²) in [7, 11) is 0. The molecule has 2 rings (SSSR count). The summed E-state index contributed by atoms with van der Waals surface area (Å²) in [6.45, 7) is 1.88. The van der Waals surface area contributed by atoms with Crippen LogP contribution in [0.25, 0.3) is 0 Å². The molecule has 1 saturated heterocycles. The molecule has 2 aliphatic rings. The standard InChI is InChI=1S/C12H20N2O3/c15-11(16)3-5-13-12(17)14-6-4-10(8-14)7-9-1-2-9/h9-10H,1-8H2,(H,13,17)(H,15,16). The van der Waals surface area contributed by atoms with Crippen molar-refractivity contribution in [3.8, 4) is 0 Å². The Hall–Kier alpha value is -1.26. The van der Waals surface area contributed by atoms with Gasteiger partial charge in [0.2, 0.25) is 0 Å². The number of carboxylic acid groups (broad SMARTS) is 1. The summed E-state index contributed by atoms with van der Waals surface area (Å²) in [5.41, 5.74) is 0. The van der Waals surface area contributed by atoms with E-state index in [4.69, 9.17) is 5.11 Å². The fraction of sp³-hybridized carbons (Fsp3) is 0.833. The fourth-order valence-electron chi connectivity index (χ4n) is 2.42. The first-order valence-electron chi connectivity index (χ1n) is 6.39. The average Bonchev–Trinajstić information content (AvgIpc) is 2.93. The van der Waals surface area contributed by atoms with Crippen LogP contribution in [0.2, 0.25) is 0 Å². The second-order valence-electron chi connectivity index (χ2n) is 5.16. The van der Waals surface area contributed by atoms with Gasteiger partial charge in [-0.3, -0.25) is 4.79 Å². The minimum atomic E-state index is -0.877. The van der Waals surface area contributed by atoms with Crippen molar-refractivity contribution in [1.82, 2.24) is 10.2 Å². The molecule has 2 fully saturated rings. The number of carbonyl (C=O) groups is 2. The maximum atomic E-state index is 11.7. The molecule has 1 heterocycles. The van der Waals surface area contributed by atoms with Crippen LogP contribution in [0.1, 0.15) is 32.1 Å². The lowest BCUT2D eigenvalue weighted by molar-refractivity contribution is -0.136. The Bertz CT molecular complexity index is 302. The van der Waals surface area contributed by atoms with Crippen molar-refractivity contribution < 1.29 is 14.7 Å². The highest BCUT2D eigenvalue weighted by Gasteiger charge is 2.31. The molecule has 0 spiro atoms. The second kappa shape index (κ2) is 5.38. The molecule has 5 heteroatoms. The normalized spacial score (nSPS) is 23.8. The SMILES string of the molecule is O=C(O)CCNC(=O)N1CCC(CC2CC2)C1. The zero-order chi connectivity index (χ0) is 12.3. The molecule has 1 aliphatic carbocycles. The largest absolute Gasteiger partial charge is 0.481 e. The molecule has 1 atom stereocenters. The number of hydrogen-bond acceptors (Lipinski definition) is 2. The second-order valence-corrected chi connectivity index (χ2v) is 5.16. The molecule has 0 radical (unpaired) electrons. The molecule has 1 unspecified atom stereocenters. The Balaban J connectivity index is 1.64. The van der Waals surface area contributed by atoms with Crippen LogP contribution in [-0.2, 0) is 4.79 Å². The van der Waals surface area contributed by atoms with Crippen LogP contribution < -0.4 is 5.32 Å². The maximum absolute atomic E-state index is 11.7. The van der Waals surface area contributed by atoms with Gasteiger partial charge in [0.25, 0.3) is 0 Å². The van der Waals surface area contributed by atoms with Gasteiger partial charge in [0.15, 0.2) is 0 Å². The van der Waals surface area contributed by atoms with Crippen molar-refractivity contribution in [3.63, 3.8) is 0 Å². The third kappa shape index (κ3) is 3.91. The zero-order valence-corrected chi connectivity index (χ0v) is 10.0. The first kappa shape index (κ1) is 12.2. The van der Waals surface area contributed by atoms with E-state index in [0.29, 0.717) is 5.92 Å². The van der Waals surface area contributed by atoms with E-state index in [2.05, 4.69) is 5.32 Å². The summed E-state index contributed by atoms with van der Waals surface area (Å²) in [5, 5.41) is 11.1. The van der Waals surface area contributed by atoms with E-state index in [-0.39, 0.29) is 19.0 Å². The highest BCUT2D eigenvalue weighted by atomic mass is 16.4. The maximum Gasteiger partial charge on any atom is 0.317 e. The molecule has 2 N–H and O–H groups in total. The third-order valence-electron chi connectivity index (χ3n) is 3.55. The Kier molecular flexibility index (Phi) is 3.86. The van der Waals surface area contributed by atoms with Crippen molar-refractivity contribution in [2.24, 2.45) is 11.8 Å². The number of likely N-dealkylation sites (tertiary alicyclic amines) is 1. The summed E-state index contributed by atoms with van der Waals surface area (Å²) in [5.74, 6) is 0.695. The Morgan fingerprint density at radius 1 is 1.24 bits per heavy atom. The van der Waals surface area contributed by atoms with Crippen molar-refractivity contribution in [1.29, 1.82) is 0 Å². The average molecular weight is 240 g/mol. The number of carbonyl (C=O) groups excluding carboxylic acids is 1. The molecule has 1 saturated carbocycles. The van der Waals surface area contributed by atoms with Gasteiger partial charge in [-0.2, -0.15) is 0 Å². The number of hydrogen-bond donors (Lipinski definition) is 2. The molecular weight excluding hydrogens is 220 g/mol. The molecule has 5 nitrogen and oxygen atoms in total. The fourth-order valence-corrected chi connectivity index (χ4v) is 2.42. The molecule has 2 amide bonds. The lowest BCUT2D eigenvalue weighted by Gasteiger charge is -2.17. The van der Waals surface area contributed by atoms with Gasteiger partial charge >= 0.3 is 12.0 Å². The number of carboxylic acids is 1. The lowest BCUT2D eigenvalue weighted by Crippen LogP contribution is -2.39. The molecule has 96 valence electrons. The van der Waals surface area contributed by atoms with E-state index in [1.54, 1.807) is 0 Å². The van der Waals surface area contributed by atoms with Crippen LogP contribution in [-0.4, -0.2) is 41.6 Å². The van der Waals surface area contributed by atoms with Gasteiger partial charge in [-0.15, -0.1) is 0 Å². The van der Waals surface area contributed by atoms with Crippen LogP contribution in [0, 0.1) is 11.8 Å². The quantitative estimate of drug-likeness (QED) is 0.760. The van der Waals surface area contributed by atoms with Crippen LogP contribution in [0.15, 0.2) is 0 Å². The van der Waals surface area contributed by atoms with E-state index in [1.807, 2.05) is 4.90 Å². The number of nitrogens with zero attached hydrogens (tertiary/aromatic N) is 1. The Labute approximate surface area is 101 Å². The first-order chi connectivity index (χ1) is 8.15. The van der Waals surface area contributed by atoms with Crippen LogP contribution in [0.3, 0.4) is 0 Å². The van der Waals surface area contributed by atoms with Gasteiger partial charge in [0.1, 0.15) is 0 Å². The van der Waals surface area contributed by atoms with Crippen molar-refractivity contribution >= 4 is 12.0 Å². The summed E-state index contributed by atoms with van der Waals surface area (Å²) >= 11 is 0. The third-order valence-corrected chi connectivity index (χ3v) is 3.55. The van der Waals surface area contributed by atoms with Crippen molar-refractivity contribution in [2.45, 2.75) is 32.1 Å². The molecule has 0 aromatic rings. The number of nitrogens with one attached hydrogen (secondary N) is 1. The minimum Gasteiger partial charge on any atom is -0.481 e. The Morgan fingerprint density at radius 2 is 2.00 bits per heavy atom. The van der Waals surface area contributed by atoms with E-state index >= 15 is 0 Å². The van der Waals surface area contributed by atoms with Crippen LogP contribution in [0.4, 0.5) is 4.79 Å². The first-order valence-corrected chi connectivity index (χ1v) is 6.39. The smallest absolute Gasteiger partial charge is 0.317 e. The van der Waals surface area contributed by atoms with Crippen LogP contribution in [0.5, 0.6) is 0 Å². The summed E-state index contributed by atoms with van der Waals surface area (Å²) in [6, 6.07) is -0.107. The topological polar surface area (TPSA) is 69.6 Å². The summed E-state index contributed by atoms with van der Waals surface area (Å²) < 4.78 is 0. The molecular formula is C12H20N2O3.